The molecule has 0 aliphatic carbocycles. The highest BCUT2D eigenvalue weighted by Gasteiger charge is 2.14. The number of rotatable bonds is 3. The highest BCUT2D eigenvalue weighted by atomic mass is 35.5. The first-order valence-corrected chi connectivity index (χ1v) is 6.46. The lowest BCUT2D eigenvalue weighted by molar-refractivity contribution is 0.671. The molecular weight excluding hydrogens is 285 g/mol. The molecule has 1 aromatic carbocycles. The predicted octanol–water partition coefficient (Wildman–Crippen LogP) is 2.84. The molecule has 0 spiro atoms. The molecule has 0 aliphatic heterocycles. The molecular formula is C12H11Cl2N5. The van der Waals surface area contributed by atoms with Crippen LogP contribution in [0.1, 0.15) is 17.6 Å². The van der Waals surface area contributed by atoms with Crippen molar-refractivity contribution in [1.82, 2.24) is 19.9 Å². The van der Waals surface area contributed by atoms with E-state index in [2.05, 4.69) is 19.9 Å². The Morgan fingerprint density at radius 3 is 2.79 bits per heavy atom. The number of aromatic nitrogens is 4. The van der Waals surface area contributed by atoms with Crippen molar-refractivity contribution in [1.29, 1.82) is 0 Å². The molecule has 4 N–H and O–H groups in total. The van der Waals surface area contributed by atoms with Gasteiger partial charge in [0.15, 0.2) is 0 Å². The maximum atomic E-state index is 6.12. The number of nitrogens with two attached hydrogens (primary N) is 1. The van der Waals surface area contributed by atoms with Crippen LogP contribution in [-0.2, 0) is 6.42 Å². The van der Waals surface area contributed by atoms with Crippen molar-refractivity contribution in [2.75, 3.05) is 0 Å². The van der Waals surface area contributed by atoms with Crippen LogP contribution in [0.5, 0.6) is 0 Å². The molecule has 3 rings (SSSR count). The maximum Gasteiger partial charge on any atom is 0.124 e. The van der Waals surface area contributed by atoms with Crippen LogP contribution >= 0.6 is 23.2 Å². The van der Waals surface area contributed by atoms with Crippen molar-refractivity contribution in [2.45, 2.75) is 12.5 Å². The highest BCUT2D eigenvalue weighted by Crippen LogP contribution is 2.27. The molecule has 0 fully saturated rings. The molecule has 0 saturated carbocycles. The topological polar surface area (TPSA) is 83.4 Å². The number of aromatic amines is 2. The maximum absolute atomic E-state index is 6.12. The van der Waals surface area contributed by atoms with E-state index in [4.69, 9.17) is 28.9 Å². The van der Waals surface area contributed by atoms with Gasteiger partial charge in [0.25, 0.3) is 0 Å². The summed E-state index contributed by atoms with van der Waals surface area (Å²) in [7, 11) is 0. The Bertz CT molecular complexity index is 665. The van der Waals surface area contributed by atoms with E-state index in [9.17, 15) is 0 Å². The summed E-state index contributed by atoms with van der Waals surface area (Å²) in [5.41, 5.74) is 8.66. The first-order valence-electron chi connectivity index (χ1n) is 5.71. The zero-order chi connectivity index (χ0) is 13.4. The van der Waals surface area contributed by atoms with Crippen molar-refractivity contribution in [2.24, 2.45) is 5.73 Å². The van der Waals surface area contributed by atoms with Crippen LogP contribution in [0.25, 0.3) is 11.0 Å². The monoisotopic (exact) mass is 295 g/mol. The van der Waals surface area contributed by atoms with Gasteiger partial charge in [-0.25, -0.2) is 9.97 Å². The minimum Gasteiger partial charge on any atom is -0.348 e. The number of nitrogens with zero attached hydrogens (tertiary/aromatic N) is 2. The zero-order valence-electron chi connectivity index (χ0n) is 9.82. The second-order valence-electron chi connectivity index (χ2n) is 4.29. The predicted molar refractivity (Wildman–Crippen MR) is 75.3 cm³/mol. The van der Waals surface area contributed by atoms with Crippen LogP contribution in [0.15, 0.2) is 24.7 Å². The van der Waals surface area contributed by atoms with Gasteiger partial charge in [-0.3, -0.25) is 0 Å². The molecule has 98 valence electrons. The molecule has 19 heavy (non-hydrogen) atoms. The Morgan fingerprint density at radius 2 is 2.05 bits per heavy atom. The minimum atomic E-state index is -0.245. The molecule has 7 heteroatoms. The molecule has 2 heterocycles. The number of halogens is 2. The van der Waals surface area contributed by atoms with Crippen molar-refractivity contribution in [3.05, 3.63) is 46.2 Å². The third-order valence-electron chi connectivity index (χ3n) is 2.89. The molecule has 0 amide bonds. The Labute approximate surface area is 119 Å². The smallest absolute Gasteiger partial charge is 0.124 e. The summed E-state index contributed by atoms with van der Waals surface area (Å²) in [6.45, 7) is 0. The van der Waals surface area contributed by atoms with E-state index < -0.39 is 0 Å². The molecule has 2 aromatic heterocycles. The van der Waals surface area contributed by atoms with Gasteiger partial charge in [-0.1, -0.05) is 23.2 Å². The molecule has 0 radical (unpaired) electrons. The van der Waals surface area contributed by atoms with E-state index in [0.29, 0.717) is 22.3 Å². The number of hydrogen-bond donors (Lipinski definition) is 3. The third-order valence-corrected chi connectivity index (χ3v) is 3.61. The molecule has 0 saturated heterocycles. The summed E-state index contributed by atoms with van der Waals surface area (Å²) in [5.74, 6) is 0.697. The Kier molecular flexibility index (Phi) is 3.18. The van der Waals surface area contributed by atoms with Gasteiger partial charge < -0.3 is 15.7 Å². The molecule has 3 aromatic rings. The number of H-pyrrole nitrogens is 2. The average Bonchev–Trinajstić information content (AvgIpc) is 2.99. The number of imidazole rings is 2. The van der Waals surface area contributed by atoms with Crippen molar-refractivity contribution < 1.29 is 0 Å². The number of hydrogen-bond acceptors (Lipinski definition) is 3. The summed E-state index contributed by atoms with van der Waals surface area (Å²) >= 11 is 11.9. The molecule has 0 aliphatic rings. The summed E-state index contributed by atoms with van der Waals surface area (Å²) < 4.78 is 0. The first kappa shape index (κ1) is 12.5. The van der Waals surface area contributed by atoms with E-state index in [1.807, 2.05) is 0 Å². The molecule has 1 atom stereocenters. The largest absolute Gasteiger partial charge is 0.348 e. The van der Waals surface area contributed by atoms with Gasteiger partial charge in [0.1, 0.15) is 5.82 Å². The summed E-state index contributed by atoms with van der Waals surface area (Å²) in [4.78, 5) is 14.6. The quantitative estimate of drug-likeness (QED) is 0.695. The van der Waals surface area contributed by atoms with Gasteiger partial charge in [-0.05, 0) is 12.1 Å². The lowest BCUT2D eigenvalue weighted by atomic mass is 10.2. The van der Waals surface area contributed by atoms with Gasteiger partial charge >= 0.3 is 0 Å². The lowest BCUT2D eigenvalue weighted by Crippen LogP contribution is -2.15. The van der Waals surface area contributed by atoms with Crippen molar-refractivity contribution in [3.63, 3.8) is 0 Å². The number of nitrogens with one attached hydrogen (secondary N) is 2. The molecule has 0 bridgehead atoms. The van der Waals surface area contributed by atoms with Crippen LogP contribution in [0, 0.1) is 0 Å². The average molecular weight is 296 g/mol. The van der Waals surface area contributed by atoms with Crippen LogP contribution in [-0.4, -0.2) is 19.9 Å². The summed E-state index contributed by atoms with van der Waals surface area (Å²) in [6.07, 6.45) is 4.00. The summed E-state index contributed by atoms with van der Waals surface area (Å²) in [5, 5.41) is 0.973. The van der Waals surface area contributed by atoms with Gasteiger partial charge in [0, 0.05) is 18.3 Å². The second-order valence-corrected chi connectivity index (χ2v) is 5.11. The number of fused-ring (bicyclic) bond motifs is 1. The van der Waals surface area contributed by atoms with Gasteiger partial charge in [0.05, 0.1) is 33.4 Å². The van der Waals surface area contributed by atoms with Gasteiger partial charge in [0.2, 0.25) is 0 Å². The third kappa shape index (κ3) is 2.45. The Hall–Kier alpha value is -1.56. The normalized spacial score (nSPS) is 13.0. The SMILES string of the molecule is NC(Cc1cnc[nH]1)c1nc2cc(Cl)c(Cl)cc2[nH]1. The van der Waals surface area contributed by atoms with Crippen LogP contribution < -0.4 is 5.73 Å². The molecule has 1 unspecified atom stereocenters. The van der Waals surface area contributed by atoms with Crippen LogP contribution in [0.4, 0.5) is 0 Å². The van der Waals surface area contributed by atoms with E-state index in [-0.39, 0.29) is 6.04 Å². The zero-order valence-corrected chi connectivity index (χ0v) is 11.3. The van der Waals surface area contributed by atoms with Crippen LogP contribution in [0.3, 0.4) is 0 Å². The number of benzene rings is 1. The van der Waals surface area contributed by atoms with Gasteiger partial charge in [-0.15, -0.1) is 0 Å². The second kappa shape index (κ2) is 4.85. The Balaban J connectivity index is 1.92. The van der Waals surface area contributed by atoms with Gasteiger partial charge in [-0.2, -0.15) is 0 Å². The Morgan fingerprint density at radius 1 is 1.26 bits per heavy atom. The fraction of sp³-hybridized carbons (Fsp3) is 0.167. The van der Waals surface area contributed by atoms with E-state index in [1.165, 1.54) is 0 Å². The minimum absolute atomic E-state index is 0.245. The fourth-order valence-corrected chi connectivity index (χ4v) is 2.25. The molecule has 5 nitrogen and oxygen atoms in total. The van der Waals surface area contributed by atoms with E-state index in [0.717, 1.165) is 16.7 Å². The lowest BCUT2D eigenvalue weighted by Gasteiger charge is -2.05. The standard InChI is InChI=1S/C12H11Cl2N5/c13-7-2-10-11(3-8(7)14)19-12(18-10)9(15)1-6-4-16-5-17-6/h2-5,9H,1,15H2,(H,16,17)(H,18,19). The van der Waals surface area contributed by atoms with E-state index >= 15 is 0 Å². The first-order chi connectivity index (χ1) is 9.13. The summed E-state index contributed by atoms with van der Waals surface area (Å²) in [6, 6.07) is 3.23. The van der Waals surface area contributed by atoms with Crippen molar-refractivity contribution in [3.8, 4) is 0 Å². The van der Waals surface area contributed by atoms with Crippen LogP contribution in [0.2, 0.25) is 10.0 Å². The highest BCUT2D eigenvalue weighted by molar-refractivity contribution is 6.42. The van der Waals surface area contributed by atoms with E-state index in [1.54, 1.807) is 24.7 Å². The van der Waals surface area contributed by atoms with Crippen molar-refractivity contribution >= 4 is 34.2 Å². The fourth-order valence-electron chi connectivity index (χ4n) is 1.93.